The first kappa shape index (κ1) is 17.1. The van der Waals surface area contributed by atoms with Crippen LogP contribution in [0.3, 0.4) is 0 Å². The quantitative estimate of drug-likeness (QED) is 0.659. The van der Waals surface area contributed by atoms with E-state index in [9.17, 15) is 0 Å². The fraction of sp³-hybridized carbons (Fsp3) is 0.312. The molecule has 0 unspecified atom stereocenters. The van der Waals surface area contributed by atoms with Crippen molar-refractivity contribution in [1.29, 1.82) is 0 Å². The zero-order chi connectivity index (χ0) is 17.9. The predicted octanol–water partition coefficient (Wildman–Crippen LogP) is 0.604. The maximum Gasteiger partial charge on any atom is 0.225 e. The van der Waals surface area contributed by atoms with Gasteiger partial charge in [-0.15, -0.1) is 0 Å². The molecular formula is C16H18ClN8S+. The van der Waals surface area contributed by atoms with Crippen molar-refractivity contribution in [3.05, 3.63) is 52.5 Å². The highest BCUT2D eigenvalue weighted by atomic mass is 35.5. The fourth-order valence-corrected chi connectivity index (χ4v) is 3.42. The predicted molar refractivity (Wildman–Crippen MR) is 100 cm³/mol. The van der Waals surface area contributed by atoms with Gasteiger partial charge in [-0.2, -0.15) is 9.36 Å². The smallest absolute Gasteiger partial charge is 0.225 e. The highest BCUT2D eigenvalue weighted by Crippen LogP contribution is 2.13. The minimum atomic E-state index is 0.564. The second kappa shape index (κ2) is 7.48. The van der Waals surface area contributed by atoms with Gasteiger partial charge in [0.15, 0.2) is 6.67 Å². The molecule has 1 fully saturated rings. The summed E-state index contributed by atoms with van der Waals surface area (Å²) in [7, 11) is 0. The third-order valence-electron chi connectivity index (χ3n) is 4.37. The van der Waals surface area contributed by atoms with E-state index in [1.54, 1.807) is 21.8 Å². The number of nitrogens with one attached hydrogen (secondary N) is 1. The Balaban J connectivity index is 1.42. The van der Waals surface area contributed by atoms with Crippen LogP contribution < -0.4 is 9.80 Å². The largest absolute Gasteiger partial charge is 0.330 e. The number of aromatic nitrogens is 6. The van der Waals surface area contributed by atoms with Crippen molar-refractivity contribution in [1.82, 2.24) is 29.8 Å². The summed E-state index contributed by atoms with van der Waals surface area (Å²) in [5, 5.41) is 9.04. The van der Waals surface area contributed by atoms with Gasteiger partial charge in [-0.3, -0.25) is 0 Å². The topological polar surface area (TPSA) is 69.1 Å². The molecule has 0 amide bonds. The Bertz CT molecular complexity index is 933. The van der Waals surface area contributed by atoms with Gasteiger partial charge < -0.3 is 9.80 Å². The molecule has 4 rings (SSSR count). The first-order chi connectivity index (χ1) is 12.7. The Morgan fingerprint density at radius 2 is 1.85 bits per heavy atom. The van der Waals surface area contributed by atoms with E-state index in [1.807, 2.05) is 30.3 Å². The van der Waals surface area contributed by atoms with E-state index in [0.717, 1.165) is 37.8 Å². The van der Waals surface area contributed by atoms with Crippen molar-refractivity contribution in [2.24, 2.45) is 0 Å². The molecule has 3 heterocycles. The van der Waals surface area contributed by atoms with Crippen LogP contribution in [0.5, 0.6) is 0 Å². The lowest BCUT2D eigenvalue weighted by Gasteiger charge is -2.31. The molecule has 1 aliphatic rings. The molecule has 8 nitrogen and oxygen atoms in total. The van der Waals surface area contributed by atoms with Crippen LogP contribution in [0, 0.1) is 4.77 Å². The van der Waals surface area contributed by atoms with Gasteiger partial charge in [0, 0.05) is 17.4 Å². The summed E-state index contributed by atoms with van der Waals surface area (Å²) in [6.45, 7) is 4.40. The Morgan fingerprint density at radius 1 is 1.08 bits per heavy atom. The fourth-order valence-electron chi connectivity index (χ4n) is 2.99. The normalized spacial score (nSPS) is 15.3. The maximum atomic E-state index is 6.05. The Kier molecular flexibility index (Phi) is 4.91. The van der Waals surface area contributed by atoms with Gasteiger partial charge in [0.05, 0.1) is 31.9 Å². The number of anilines is 1. The molecule has 1 aliphatic heterocycles. The summed E-state index contributed by atoms with van der Waals surface area (Å²) in [4.78, 5) is 12.2. The lowest BCUT2D eigenvalue weighted by Crippen LogP contribution is -3.14. The minimum Gasteiger partial charge on any atom is -0.330 e. The van der Waals surface area contributed by atoms with E-state index < -0.39 is 0 Å². The molecule has 134 valence electrons. The molecule has 0 bridgehead atoms. The number of rotatable bonds is 4. The maximum absolute atomic E-state index is 6.05. The Hall–Kier alpha value is -2.36. The standard InChI is InChI=1S/C16H17ClN8S/c17-13-3-1-4-14(11-13)25-16(26)24(20-21-25)12-22-7-9-23(10-8-22)15-18-5-2-6-19-15/h1-6,11H,7-10,12H2/p+1. The molecule has 0 atom stereocenters. The van der Waals surface area contributed by atoms with Crippen LogP contribution in [0.4, 0.5) is 5.95 Å². The molecule has 2 aromatic heterocycles. The lowest BCUT2D eigenvalue weighted by molar-refractivity contribution is -0.924. The van der Waals surface area contributed by atoms with E-state index in [0.29, 0.717) is 16.5 Å². The van der Waals surface area contributed by atoms with Crippen molar-refractivity contribution in [3.63, 3.8) is 0 Å². The first-order valence-electron chi connectivity index (χ1n) is 8.35. The summed E-state index contributed by atoms with van der Waals surface area (Å²) >= 11 is 11.6. The summed E-state index contributed by atoms with van der Waals surface area (Å²) in [6, 6.07) is 9.25. The van der Waals surface area contributed by atoms with Crippen LogP contribution >= 0.6 is 23.8 Å². The molecule has 0 aliphatic carbocycles. The van der Waals surface area contributed by atoms with Gasteiger partial charge in [-0.25, -0.2) is 9.97 Å². The van der Waals surface area contributed by atoms with Crippen LogP contribution in [-0.2, 0) is 6.67 Å². The minimum absolute atomic E-state index is 0.564. The van der Waals surface area contributed by atoms with Crippen molar-refractivity contribution in [2.45, 2.75) is 6.67 Å². The van der Waals surface area contributed by atoms with Gasteiger partial charge in [0.1, 0.15) is 0 Å². The van der Waals surface area contributed by atoms with Gasteiger partial charge >= 0.3 is 0 Å². The second-order valence-corrected chi connectivity index (χ2v) is 6.90. The van der Waals surface area contributed by atoms with Gasteiger partial charge in [0.2, 0.25) is 10.7 Å². The number of halogens is 1. The Morgan fingerprint density at radius 3 is 2.58 bits per heavy atom. The zero-order valence-corrected chi connectivity index (χ0v) is 15.6. The summed E-state index contributed by atoms with van der Waals surface area (Å²) in [5.74, 6) is 0.787. The molecular weight excluding hydrogens is 372 g/mol. The van der Waals surface area contributed by atoms with Crippen LogP contribution in [0.15, 0.2) is 42.7 Å². The monoisotopic (exact) mass is 389 g/mol. The van der Waals surface area contributed by atoms with Crippen molar-refractivity contribution in [3.8, 4) is 5.69 Å². The summed E-state index contributed by atoms with van der Waals surface area (Å²) < 4.78 is 3.96. The molecule has 0 radical (unpaired) electrons. The molecule has 1 saturated heterocycles. The van der Waals surface area contributed by atoms with Crippen LogP contribution in [0.2, 0.25) is 5.02 Å². The van der Waals surface area contributed by atoms with Crippen molar-refractivity contribution < 1.29 is 4.90 Å². The van der Waals surface area contributed by atoms with E-state index in [2.05, 4.69) is 25.3 Å². The average molecular weight is 390 g/mol. The van der Waals surface area contributed by atoms with Crippen molar-refractivity contribution >= 4 is 29.8 Å². The number of hydrogen-bond donors (Lipinski definition) is 1. The van der Waals surface area contributed by atoms with Crippen LogP contribution in [0.25, 0.3) is 5.69 Å². The zero-order valence-electron chi connectivity index (χ0n) is 14.0. The van der Waals surface area contributed by atoms with Crippen molar-refractivity contribution in [2.75, 3.05) is 31.1 Å². The first-order valence-corrected chi connectivity index (χ1v) is 9.13. The van der Waals surface area contributed by atoms with Gasteiger partial charge in [-0.1, -0.05) is 17.7 Å². The Labute approximate surface area is 160 Å². The number of tetrazole rings is 1. The summed E-state index contributed by atoms with van der Waals surface area (Å²) in [5.41, 5.74) is 0.815. The van der Waals surface area contributed by atoms with E-state index in [1.165, 1.54) is 4.90 Å². The molecule has 10 heteroatoms. The number of benzene rings is 1. The van der Waals surface area contributed by atoms with Gasteiger partial charge in [-0.05, 0) is 46.9 Å². The highest BCUT2D eigenvalue weighted by Gasteiger charge is 2.22. The SMILES string of the molecule is S=c1n(C[NH+]2CCN(c3ncccn3)CC2)nnn1-c1cccc(Cl)c1. The molecule has 26 heavy (non-hydrogen) atoms. The third-order valence-corrected chi connectivity index (χ3v) is 4.99. The third kappa shape index (κ3) is 3.59. The number of quaternary nitrogens is 1. The van der Waals surface area contributed by atoms with E-state index in [-0.39, 0.29) is 0 Å². The van der Waals surface area contributed by atoms with Crippen LogP contribution in [0.1, 0.15) is 0 Å². The molecule has 0 spiro atoms. The second-order valence-electron chi connectivity index (χ2n) is 6.10. The number of hydrogen-bond acceptors (Lipinski definition) is 6. The number of piperazine rings is 1. The van der Waals surface area contributed by atoms with Gasteiger partial charge in [0.25, 0.3) is 0 Å². The van der Waals surface area contributed by atoms with E-state index >= 15 is 0 Å². The highest BCUT2D eigenvalue weighted by molar-refractivity contribution is 7.71. The lowest BCUT2D eigenvalue weighted by atomic mass is 10.3. The van der Waals surface area contributed by atoms with Crippen LogP contribution in [-0.4, -0.2) is 55.9 Å². The summed E-state index contributed by atoms with van der Waals surface area (Å²) in [6.07, 6.45) is 3.55. The molecule has 0 saturated carbocycles. The molecule has 1 N–H and O–H groups in total. The number of nitrogens with zero attached hydrogens (tertiary/aromatic N) is 7. The molecule has 1 aromatic carbocycles. The average Bonchev–Trinajstić information content (AvgIpc) is 3.03. The van der Waals surface area contributed by atoms with E-state index in [4.69, 9.17) is 23.8 Å². The molecule has 3 aromatic rings.